The fourth-order valence-corrected chi connectivity index (χ4v) is 4.51. The molecular formula is C26H30N4O2. The smallest absolute Gasteiger partial charge is 0.267 e. The van der Waals surface area contributed by atoms with Gasteiger partial charge in [-0.1, -0.05) is 48.5 Å². The summed E-state index contributed by atoms with van der Waals surface area (Å²) in [5.74, 6) is 0.415. The highest BCUT2D eigenvalue weighted by Crippen LogP contribution is 2.32. The molecule has 1 atom stereocenters. The first-order valence-corrected chi connectivity index (χ1v) is 11.1. The van der Waals surface area contributed by atoms with Crippen molar-refractivity contribution < 1.29 is 10.0 Å². The number of carbonyl (C=O) groups excluding carboxylic acids is 1. The van der Waals surface area contributed by atoms with Crippen molar-refractivity contribution in [1.82, 2.24) is 19.9 Å². The molecular weight excluding hydrogens is 400 g/mol. The van der Waals surface area contributed by atoms with Crippen LogP contribution < -0.4 is 5.48 Å². The molecule has 32 heavy (non-hydrogen) atoms. The molecule has 0 aliphatic carbocycles. The van der Waals surface area contributed by atoms with Gasteiger partial charge in [-0.05, 0) is 56.6 Å². The molecule has 2 aromatic carbocycles. The number of carbonyl (C=O) groups is 1. The van der Waals surface area contributed by atoms with Gasteiger partial charge in [-0.3, -0.25) is 10.0 Å². The standard InChI is InChI=1S/C26H30N4O2/c1-19-24(17-20-8-4-3-5-9-20)27-26(30(19)23-12-7-15-29(2)18-23)22-11-6-10-21(16-22)13-14-25(31)28-32/h3-6,8-11,13-14,16,23,32H,7,12,15,17-18H2,1-2H3,(H,28,31)/b14-13+. The lowest BCUT2D eigenvalue weighted by molar-refractivity contribution is -0.124. The maximum absolute atomic E-state index is 11.4. The number of imidazole rings is 1. The molecule has 0 bridgehead atoms. The van der Waals surface area contributed by atoms with E-state index in [0.717, 1.165) is 48.6 Å². The van der Waals surface area contributed by atoms with Crippen LogP contribution in [0.15, 0.2) is 60.7 Å². The van der Waals surface area contributed by atoms with E-state index in [1.807, 2.05) is 24.3 Å². The maximum Gasteiger partial charge on any atom is 0.267 e. The molecule has 6 nitrogen and oxygen atoms in total. The van der Waals surface area contributed by atoms with Gasteiger partial charge in [0.15, 0.2) is 0 Å². The number of nitrogens with one attached hydrogen (secondary N) is 1. The van der Waals surface area contributed by atoms with Gasteiger partial charge in [0.05, 0.1) is 5.69 Å². The highest BCUT2D eigenvalue weighted by Gasteiger charge is 2.25. The van der Waals surface area contributed by atoms with Gasteiger partial charge in [0.2, 0.25) is 0 Å². The number of aromatic nitrogens is 2. The molecule has 1 saturated heterocycles. The number of hydrogen-bond donors (Lipinski definition) is 2. The van der Waals surface area contributed by atoms with Crippen LogP contribution in [0.5, 0.6) is 0 Å². The van der Waals surface area contributed by atoms with Crippen LogP contribution in [0.4, 0.5) is 0 Å². The minimum absolute atomic E-state index is 0.375. The zero-order valence-corrected chi connectivity index (χ0v) is 18.7. The highest BCUT2D eigenvalue weighted by atomic mass is 16.5. The Morgan fingerprint density at radius 2 is 2.03 bits per heavy atom. The number of amides is 1. The first-order valence-electron chi connectivity index (χ1n) is 11.1. The molecule has 166 valence electrons. The van der Waals surface area contributed by atoms with E-state index in [1.54, 1.807) is 11.6 Å². The quantitative estimate of drug-likeness (QED) is 0.349. The van der Waals surface area contributed by atoms with Crippen LogP contribution in [0.2, 0.25) is 0 Å². The number of hydroxylamine groups is 1. The summed E-state index contributed by atoms with van der Waals surface area (Å²) in [5, 5.41) is 8.73. The molecule has 0 spiro atoms. The Balaban J connectivity index is 1.75. The van der Waals surface area contributed by atoms with Gasteiger partial charge in [0, 0.05) is 36.3 Å². The third-order valence-corrected chi connectivity index (χ3v) is 6.11. The van der Waals surface area contributed by atoms with Gasteiger partial charge in [-0.15, -0.1) is 0 Å². The van der Waals surface area contributed by atoms with E-state index in [9.17, 15) is 4.79 Å². The van der Waals surface area contributed by atoms with Crippen molar-refractivity contribution >= 4 is 12.0 Å². The van der Waals surface area contributed by atoms with E-state index >= 15 is 0 Å². The number of hydrogen-bond acceptors (Lipinski definition) is 4. The molecule has 0 saturated carbocycles. The number of benzene rings is 2. The molecule has 0 radical (unpaired) electrons. The van der Waals surface area contributed by atoms with Crippen molar-refractivity contribution in [2.45, 2.75) is 32.2 Å². The summed E-state index contributed by atoms with van der Waals surface area (Å²) in [5.41, 5.74) is 7.08. The zero-order chi connectivity index (χ0) is 22.5. The van der Waals surface area contributed by atoms with E-state index in [-0.39, 0.29) is 0 Å². The summed E-state index contributed by atoms with van der Waals surface area (Å²) >= 11 is 0. The van der Waals surface area contributed by atoms with Crippen molar-refractivity contribution in [2.24, 2.45) is 0 Å². The van der Waals surface area contributed by atoms with Crippen LogP contribution in [0.25, 0.3) is 17.5 Å². The largest absolute Gasteiger partial charge is 0.324 e. The second-order valence-corrected chi connectivity index (χ2v) is 8.49. The van der Waals surface area contributed by atoms with Crippen molar-refractivity contribution in [3.8, 4) is 11.4 Å². The molecule has 3 aromatic rings. The minimum Gasteiger partial charge on any atom is -0.324 e. The molecule has 1 unspecified atom stereocenters. The third-order valence-electron chi connectivity index (χ3n) is 6.11. The van der Waals surface area contributed by atoms with E-state index in [1.165, 1.54) is 23.8 Å². The molecule has 6 heteroatoms. The van der Waals surface area contributed by atoms with E-state index in [0.29, 0.717) is 6.04 Å². The lowest BCUT2D eigenvalue weighted by Gasteiger charge is -2.32. The molecule has 1 aliphatic heterocycles. The fourth-order valence-electron chi connectivity index (χ4n) is 4.51. The van der Waals surface area contributed by atoms with Crippen LogP contribution in [0.3, 0.4) is 0 Å². The van der Waals surface area contributed by atoms with Crippen LogP contribution in [-0.4, -0.2) is 45.7 Å². The van der Waals surface area contributed by atoms with Crippen LogP contribution >= 0.6 is 0 Å². The summed E-state index contributed by atoms with van der Waals surface area (Å²) in [4.78, 5) is 18.9. The van der Waals surface area contributed by atoms with Gasteiger partial charge < -0.3 is 9.47 Å². The minimum atomic E-state index is -0.553. The summed E-state index contributed by atoms with van der Waals surface area (Å²) in [6.45, 7) is 4.31. The Bertz CT molecular complexity index is 1100. The predicted octanol–water partition coefficient (Wildman–Crippen LogP) is 4.23. The second-order valence-electron chi connectivity index (χ2n) is 8.49. The van der Waals surface area contributed by atoms with E-state index < -0.39 is 5.91 Å². The summed E-state index contributed by atoms with van der Waals surface area (Å²) in [7, 11) is 2.18. The SMILES string of the molecule is Cc1c(Cc2ccccc2)nc(-c2cccc(/C=C/C(=O)NO)c2)n1C1CCCN(C)C1. The van der Waals surface area contributed by atoms with Crippen LogP contribution in [0.1, 0.15) is 41.4 Å². The number of piperidine rings is 1. The zero-order valence-electron chi connectivity index (χ0n) is 18.7. The highest BCUT2D eigenvalue weighted by molar-refractivity contribution is 5.91. The number of nitrogens with zero attached hydrogens (tertiary/aromatic N) is 3. The summed E-state index contributed by atoms with van der Waals surface area (Å²) in [6, 6.07) is 18.9. The number of rotatable bonds is 6. The van der Waals surface area contributed by atoms with Crippen LogP contribution in [0, 0.1) is 6.92 Å². The first kappa shape index (κ1) is 22.0. The molecule has 1 fully saturated rings. The second kappa shape index (κ2) is 9.94. The average molecular weight is 431 g/mol. The Kier molecular flexibility index (Phi) is 6.83. The van der Waals surface area contributed by atoms with Crippen molar-refractivity contribution in [1.29, 1.82) is 0 Å². The Morgan fingerprint density at radius 3 is 2.78 bits per heavy atom. The number of likely N-dealkylation sites (N-methyl/N-ethyl adjacent to an activating group) is 1. The normalized spacial score (nSPS) is 17.0. The Hall–Kier alpha value is -3.22. The maximum atomic E-state index is 11.4. The van der Waals surface area contributed by atoms with E-state index in [2.05, 4.69) is 53.8 Å². The Morgan fingerprint density at radius 1 is 1.22 bits per heavy atom. The predicted molar refractivity (Wildman–Crippen MR) is 126 cm³/mol. The monoisotopic (exact) mass is 430 g/mol. The van der Waals surface area contributed by atoms with E-state index in [4.69, 9.17) is 10.2 Å². The Labute approximate surface area is 189 Å². The lowest BCUT2D eigenvalue weighted by Crippen LogP contribution is -2.34. The average Bonchev–Trinajstić information content (AvgIpc) is 3.14. The fraction of sp³-hybridized carbons (Fsp3) is 0.308. The van der Waals surface area contributed by atoms with Gasteiger partial charge in [-0.2, -0.15) is 0 Å². The summed E-state index contributed by atoms with van der Waals surface area (Å²) in [6.07, 6.45) is 6.11. The third kappa shape index (κ3) is 4.98. The molecule has 4 rings (SSSR count). The van der Waals surface area contributed by atoms with Crippen molar-refractivity contribution in [3.05, 3.63) is 83.2 Å². The molecule has 1 amide bonds. The first-order chi connectivity index (χ1) is 15.5. The van der Waals surface area contributed by atoms with Gasteiger partial charge in [0.25, 0.3) is 5.91 Å². The number of likely N-dealkylation sites (tertiary alicyclic amines) is 1. The van der Waals surface area contributed by atoms with Gasteiger partial charge >= 0.3 is 0 Å². The van der Waals surface area contributed by atoms with Gasteiger partial charge in [-0.25, -0.2) is 10.5 Å². The van der Waals surface area contributed by atoms with Crippen molar-refractivity contribution in [3.63, 3.8) is 0 Å². The van der Waals surface area contributed by atoms with Gasteiger partial charge in [0.1, 0.15) is 5.82 Å². The van der Waals surface area contributed by atoms with Crippen molar-refractivity contribution in [2.75, 3.05) is 20.1 Å². The summed E-state index contributed by atoms with van der Waals surface area (Å²) < 4.78 is 2.41. The van der Waals surface area contributed by atoms with Crippen LogP contribution in [-0.2, 0) is 11.2 Å². The lowest BCUT2D eigenvalue weighted by atomic mass is 10.0. The molecule has 1 aromatic heterocycles. The topological polar surface area (TPSA) is 70.4 Å². The molecule has 1 aliphatic rings. The molecule has 2 N–H and O–H groups in total. The molecule has 2 heterocycles.